The molecule has 5 nitrogen and oxygen atoms in total. The molecule has 1 aromatic heterocycles. The number of esters is 1. The lowest BCUT2D eigenvalue weighted by atomic mass is 10.3. The van der Waals surface area contributed by atoms with Crippen molar-refractivity contribution < 1.29 is 18.7 Å². The van der Waals surface area contributed by atoms with E-state index in [-0.39, 0.29) is 11.4 Å². The monoisotopic (exact) mass is 294 g/mol. The number of hydrogen-bond acceptors (Lipinski definition) is 4. The molecule has 0 aliphatic rings. The standard InChI is InChI=1S/C13H11FN2O3S/c1-19-12(17)10-6-7-20-11(10)16-13(18)15-9-4-2-8(14)3-5-9/h2-7H,1H3,(H2,15,16,18). The van der Waals surface area contributed by atoms with E-state index in [9.17, 15) is 14.0 Å². The Bertz CT molecular complexity index is 625. The molecule has 0 aliphatic carbocycles. The number of benzene rings is 1. The topological polar surface area (TPSA) is 67.4 Å². The SMILES string of the molecule is COC(=O)c1ccsc1NC(=O)Nc1ccc(F)cc1. The smallest absolute Gasteiger partial charge is 0.340 e. The van der Waals surface area contributed by atoms with E-state index in [0.717, 1.165) is 0 Å². The number of anilines is 2. The summed E-state index contributed by atoms with van der Waals surface area (Å²) in [6.07, 6.45) is 0. The number of urea groups is 1. The van der Waals surface area contributed by atoms with Crippen LogP contribution in [0.5, 0.6) is 0 Å². The van der Waals surface area contributed by atoms with Gasteiger partial charge in [-0.2, -0.15) is 0 Å². The highest BCUT2D eigenvalue weighted by Gasteiger charge is 2.15. The van der Waals surface area contributed by atoms with Gasteiger partial charge in [-0.05, 0) is 35.7 Å². The molecule has 0 radical (unpaired) electrons. The van der Waals surface area contributed by atoms with Gasteiger partial charge in [0.15, 0.2) is 0 Å². The highest BCUT2D eigenvalue weighted by molar-refractivity contribution is 7.14. The first-order chi connectivity index (χ1) is 9.60. The summed E-state index contributed by atoms with van der Waals surface area (Å²) in [7, 11) is 1.27. The van der Waals surface area contributed by atoms with E-state index in [1.54, 1.807) is 11.4 Å². The quantitative estimate of drug-likeness (QED) is 0.853. The van der Waals surface area contributed by atoms with Crippen LogP contribution in [-0.4, -0.2) is 19.1 Å². The molecule has 0 saturated carbocycles. The van der Waals surface area contributed by atoms with Gasteiger partial charge < -0.3 is 10.1 Å². The first-order valence-electron chi connectivity index (χ1n) is 5.59. The predicted octanol–water partition coefficient (Wildman–Crippen LogP) is 3.32. The summed E-state index contributed by atoms with van der Waals surface area (Å²) in [5.41, 5.74) is 0.729. The molecule has 104 valence electrons. The second-order valence-corrected chi connectivity index (χ2v) is 4.66. The minimum Gasteiger partial charge on any atom is -0.465 e. The maximum absolute atomic E-state index is 12.7. The van der Waals surface area contributed by atoms with Gasteiger partial charge in [-0.1, -0.05) is 0 Å². The van der Waals surface area contributed by atoms with Crippen LogP contribution >= 0.6 is 11.3 Å². The van der Waals surface area contributed by atoms with E-state index in [1.807, 2.05) is 0 Å². The lowest BCUT2D eigenvalue weighted by Gasteiger charge is -2.07. The largest absolute Gasteiger partial charge is 0.465 e. The van der Waals surface area contributed by atoms with Gasteiger partial charge >= 0.3 is 12.0 Å². The zero-order chi connectivity index (χ0) is 14.5. The van der Waals surface area contributed by atoms with Crippen LogP contribution in [0.25, 0.3) is 0 Å². The number of carbonyl (C=O) groups excluding carboxylic acids is 2. The summed E-state index contributed by atoms with van der Waals surface area (Å²) in [6, 6.07) is 6.38. The van der Waals surface area contributed by atoms with E-state index < -0.39 is 12.0 Å². The molecule has 0 spiro atoms. The molecule has 0 fully saturated rings. The maximum atomic E-state index is 12.7. The highest BCUT2D eigenvalue weighted by atomic mass is 32.1. The van der Waals surface area contributed by atoms with Crippen molar-refractivity contribution in [1.29, 1.82) is 0 Å². The van der Waals surface area contributed by atoms with Gasteiger partial charge in [0.2, 0.25) is 0 Å². The number of hydrogen-bond donors (Lipinski definition) is 2. The summed E-state index contributed by atoms with van der Waals surface area (Å²) in [4.78, 5) is 23.2. The van der Waals surface area contributed by atoms with E-state index in [1.165, 1.54) is 42.7 Å². The molecule has 2 N–H and O–H groups in total. The summed E-state index contributed by atoms with van der Waals surface area (Å²) < 4.78 is 17.3. The van der Waals surface area contributed by atoms with Crippen molar-refractivity contribution in [3.05, 3.63) is 47.1 Å². The number of nitrogens with one attached hydrogen (secondary N) is 2. The average Bonchev–Trinajstić information content (AvgIpc) is 2.88. The van der Waals surface area contributed by atoms with Crippen LogP contribution in [-0.2, 0) is 4.74 Å². The normalized spacial score (nSPS) is 9.90. The van der Waals surface area contributed by atoms with Crippen molar-refractivity contribution in [2.24, 2.45) is 0 Å². The second kappa shape index (κ2) is 6.16. The maximum Gasteiger partial charge on any atom is 0.340 e. The van der Waals surface area contributed by atoms with Gasteiger partial charge in [-0.3, -0.25) is 5.32 Å². The van der Waals surface area contributed by atoms with E-state index in [0.29, 0.717) is 10.7 Å². The first-order valence-corrected chi connectivity index (χ1v) is 6.47. The molecule has 7 heteroatoms. The van der Waals surface area contributed by atoms with Gasteiger partial charge in [0.25, 0.3) is 0 Å². The van der Waals surface area contributed by atoms with Crippen molar-refractivity contribution >= 4 is 34.0 Å². The van der Waals surface area contributed by atoms with Crippen molar-refractivity contribution in [2.45, 2.75) is 0 Å². The molecule has 2 aromatic rings. The number of ether oxygens (including phenoxy) is 1. The summed E-state index contributed by atoms with van der Waals surface area (Å²) in [5.74, 6) is -0.912. The molecule has 0 unspecified atom stereocenters. The van der Waals surface area contributed by atoms with Gasteiger partial charge in [0.1, 0.15) is 10.8 Å². The molecule has 0 aliphatic heterocycles. The lowest BCUT2D eigenvalue weighted by molar-refractivity contribution is 0.0602. The molecular formula is C13H11FN2O3S. The molecule has 0 saturated heterocycles. The number of rotatable bonds is 3. The fraction of sp³-hybridized carbons (Fsp3) is 0.0769. The third-order valence-corrected chi connectivity index (χ3v) is 3.23. The predicted molar refractivity (Wildman–Crippen MR) is 74.7 cm³/mol. The van der Waals surface area contributed by atoms with Crippen molar-refractivity contribution in [3.8, 4) is 0 Å². The van der Waals surface area contributed by atoms with Crippen LogP contribution < -0.4 is 10.6 Å². The molecule has 2 rings (SSSR count). The van der Waals surface area contributed by atoms with E-state index >= 15 is 0 Å². The third kappa shape index (κ3) is 3.33. The van der Waals surface area contributed by atoms with Crippen LogP contribution in [0.4, 0.5) is 19.9 Å². The number of amides is 2. The van der Waals surface area contributed by atoms with Crippen LogP contribution in [0.2, 0.25) is 0 Å². The van der Waals surface area contributed by atoms with Crippen molar-refractivity contribution in [1.82, 2.24) is 0 Å². The number of thiophene rings is 1. The number of carbonyl (C=O) groups is 2. The summed E-state index contributed by atoms with van der Waals surface area (Å²) in [6.45, 7) is 0. The Morgan fingerprint density at radius 2 is 1.85 bits per heavy atom. The van der Waals surface area contributed by atoms with Crippen molar-refractivity contribution in [2.75, 3.05) is 17.7 Å². The summed E-state index contributed by atoms with van der Waals surface area (Å²) in [5, 5.41) is 7.12. The van der Waals surface area contributed by atoms with Crippen LogP contribution in [0.15, 0.2) is 35.7 Å². The fourth-order valence-corrected chi connectivity index (χ4v) is 2.25. The Hall–Kier alpha value is -2.41. The number of methoxy groups -OCH3 is 1. The van der Waals surface area contributed by atoms with Gasteiger partial charge in [-0.15, -0.1) is 11.3 Å². The fourth-order valence-electron chi connectivity index (χ4n) is 1.48. The Labute approximate surface area is 118 Å². The molecule has 0 bridgehead atoms. The van der Waals surface area contributed by atoms with Gasteiger partial charge in [-0.25, -0.2) is 14.0 Å². The summed E-state index contributed by atoms with van der Waals surface area (Å²) >= 11 is 1.20. The van der Waals surface area contributed by atoms with Crippen LogP contribution in [0, 0.1) is 5.82 Å². The minimum absolute atomic E-state index is 0.284. The second-order valence-electron chi connectivity index (χ2n) is 3.74. The first kappa shape index (κ1) is 14.0. The molecule has 0 atom stereocenters. The third-order valence-electron chi connectivity index (χ3n) is 2.40. The highest BCUT2D eigenvalue weighted by Crippen LogP contribution is 2.24. The van der Waals surface area contributed by atoms with Crippen molar-refractivity contribution in [3.63, 3.8) is 0 Å². The van der Waals surface area contributed by atoms with Crippen LogP contribution in [0.1, 0.15) is 10.4 Å². The molecule has 20 heavy (non-hydrogen) atoms. The lowest BCUT2D eigenvalue weighted by Crippen LogP contribution is -2.20. The Kier molecular flexibility index (Phi) is 4.31. The average molecular weight is 294 g/mol. The Morgan fingerprint density at radius 1 is 1.15 bits per heavy atom. The molecule has 1 heterocycles. The molecular weight excluding hydrogens is 283 g/mol. The Balaban J connectivity index is 2.03. The number of halogens is 1. The van der Waals surface area contributed by atoms with E-state index in [2.05, 4.69) is 15.4 Å². The van der Waals surface area contributed by atoms with Crippen LogP contribution in [0.3, 0.4) is 0 Å². The van der Waals surface area contributed by atoms with E-state index in [4.69, 9.17) is 0 Å². The minimum atomic E-state index is -0.525. The zero-order valence-electron chi connectivity index (χ0n) is 10.5. The van der Waals surface area contributed by atoms with Gasteiger partial charge in [0.05, 0.1) is 12.7 Å². The zero-order valence-corrected chi connectivity index (χ0v) is 11.3. The van der Waals surface area contributed by atoms with Gasteiger partial charge in [0, 0.05) is 5.69 Å². The molecule has 2 amide bonds. The Morgan fingerprint density at radius 3 is 2.50 bits per heavy atom. The molecule has 1 aromatic carbocycles.